The molecule has 7 nitrogen and oxygen atoms in total. The molecule has 0 radical (unpaired) electrons. The lowest BCUT2D eigenvalue weighted by Gasteiger charge is -2.25. The van der Waals surface area contributed by atoms with Gasteiger partial charge in [0.1, 0.15) is 22.6 Å². The number of aromatic nitrogens is 1. The zero-order valence-electron chi connectivity index (χ0n) is 13.1. The Morgan fingerprint density at radius 2 is 1.91 bits per heavy atom. The zero-order chi connectivity index (χ0) is 16.2. The number of aromatic carboxylic acids is 1. The normalized spacial score (nSPS) is 26.7. The highest BCUT2D eigenvalue weighted by Gasteiger charge is 2.60. The predicted octanol–water partition coefficient (Wildman–Crippen LogP) is 2.26. The maximum Gasteiger partial charge on any atom is 0.410 e. The van der Waals surface area contributed by atoms with E-state index in [-0.39, 0.29) is 29.4 Å². The van der Waals surface area contributed by atoms with E-state index in [9.17, 15) is 14.7 Å². The van der Waals surface area contributed by atoms with E-state index in [1.807, 2.05) is 20.8 Å². The molecule has 7 heteroatoms. The minimum atomic E-state index is -1.01. The molecule has 1 aliphatic carbocycles. The summed E-state index contributed by atoms with van der Waals surface area (Å²) in [5.74, 6) is -0.119. The Morgan fingerprint density at radius 3 is 2.41 bits per heavy atom. The van der Waals surface area contributed by atoms with Crippen molar-refractivity contribution in [2.75, 3.05) is 13.1 Å². The van der Waals surface area contributed by atoms with E-state index in [1.54, 1.807) is 11.8 Å². The van der Waals surface area contributed by atoms with Crippen LogP contribution in [0.1, 0.15) is 48.5 Å². The number of ether oxygens (including phenoxy) is 1. The molecule has 0 aromatic carbocycles. The second-order valence-corrected chi connectivity index (χ2v) is 7.04. The minimum Gasteiger partial charge on any atom is -0.477 e. The van der Waals surface area contributed by atoms with Crippen LogP contribution in [0.25, 0.3) is 0 Å². The number of amides is 1. The second kappa shape index (κ2) is 4.72. The molecule has 1 aliphatic heterocycles. The molecule has 1 amide bonds. The van der Waals surface area contributed by atoms with Gasteiger partial charge in [-0.2, -0.15) is 0 Å². The van der Waals surface area contributed by atoms with Gasteiger partial charge in [0.15, 0.2) is 0 Å². The van der Waals surface area contributed by atoms with Gasteiger partial charge < -0.3 is 19.3 Å². The number of aryl methyl sites for hydroxylation is 1. The Labute approximate surface area is 128 Å². The first-order valence-electron chi connectivity index (χ1n) is 7.36. The number of nitrogens with zero attached hydrogens (tertiary/aromatic N) is 2. The van der Waals surface area contributed by atoms with Crippen LogP contribution in [-0.2, 0) is 4.74 Å². The summed E-state index contributed by atoms with van der Waals surface area (Å²) in [7, 11) is 0. The van der Waals surface area contributed by atoms with Crippen LogP contribution in [0.2, 0.25) is 0 Å². The molecule has 2 aliphatic rings. The van der Waals surface area contributed by atoms with Crippen molar-refractivity contribution in [3.05, 3.63) is 17.0 Å². The largest absolute Gasteiger partial charge is 0.477 e. The summed E-state index contributed by atoms with van der Waals surface area (Å²) >= 11 is 0. The van der Waals surface area contributed by atoms with Crippen molar-refractivity contribution in [1.82, 2.24) is 10.1 Å². The minimum absolute atomic E-state index is 0.0715. The van der Waals surface area contributed by atoms with Gasteiger partial charge in [-0.3, -0.25) is 0 Å². The fourth-order valence-electron chi connectivity index (χ4n) is 3.28. The first kappa shape index (κ1) is 14.9. The summed E-state index contributed by atoms with van der Waals surface area (Å²) in [5.41, 5.74) is 0.176. The van der Waals surface area contributed by atoms with Crippen molar-refractivity contribution in [3.63, 3.8) is 0 Å². The highest BCUT2D eigenvalue weighted by Crippen LogP contribution is 2.58. The van der Waals surface area contributed by atoms with Crippen molar-refractivity contribution >= 4 is 12.1 Å². The molecule has 1 saturated carbocycles. The van der Waals surface area contributed by atoms with Gasteiger partial charge in [0.05, 0.1) is 0 Å². The highest BCUT2D eigenvalue weighted by atomic mass is 16.6. The number of fused-ring (bicyclic) bond motifs is 1. The van der Waals surface area contributed by atoms with Crippen LogP contribution in [0, 0.1) is 18.8 Å². The molecule has 3 rings (SSSR count). The molecule has 2 heterocycles. The van der Waals surface area contributed by atoms with Crippen LogP contribution < -0.4 is 0 Å². The van der Waals surface area contributed by atoms with Crippen LogP contribution in [0.5, 0.6) is 0 Å². The number of hydrogen-bond acceptors (Lipinski definition) is 5. The second-order valence-electron chi connectivity index (χ2n) is 7.04. The van der Waals surface area contributed by atoms with Crippen molar-refractivity contribution in [2.45, 2.75) is 39.2 Å². The third-order valence-corrected chi connectivity index (χ3v) is 4.26. The van der Waals surface area contributed by atoms with Crippen molar-refractivity contribution in [3.8, 4) is 0 Å². The van der Waals surface area contributed by atoms with Crippen molar-refractivity contribution in [1.29, 1.82) is 0 Å². The van der Waals surface area contributed by atoms with Crippen LogP contribution in [0.4, 0.5) is 4.79 Å². The average molecular weight is 308 g/mol. The van der Waals surface area contributed by atoms with Gasteiger partial charge in [0.2, 0.25) is 0 Å². The summed E-state index contributed by atoms with van der Waals surface area (Å²) < 4.78 is 10.4. The molecule has 0 bridgehead atoms. The Hall–Kier alpha value is -2.05. The summed E-state index contributed by atoms with van der Waals surface area (Å²) in [6.07, 6.45) is -0.312. The van der Waals surface area contributed by atoms with Crippen molar-refractivity contribution < 1.29 is 24.0 Å². The van der Waals surface area contributed by atoms with E-state index in [2.05, 4.69) is 5.16 Å². The number of rotatable bonds is 2. The number of likely N-dealkylation sites (tertiary alicyclic amines) is 1. The van der Waals surface area contributed by atoms with E-state index < -0.39 is 11.6 Å². The smallest absolute Gasteiger partial charge is 0.410 e. The number of hydrogen-bond donors (Lipinski definition) is 1. The highest BCUT2D eigenvalue weighted by molar-refractivity contribution is 5.90. The van der Waals surface area contributed by atoms with Gasteiger partial charge in [-0.25, -0.2) is 9.59 Å². The van der Waals surface area contributed by atoms with Crippen LogP contribution in [0.15, 0.2) is 4.52 Å². The first-order valence-corrected chi connectivity index (χ1v) is 7.36. The van der Waals surface area contributed by atoms with E-state index in [0.29, 0.717) is 24.5 Å². The third-order valence-electron chi connectivity index (χ3n) is 4.26. The molecule has 3 atom stereocenters. The fourth-order valence-corrected chi connectivity index (χ4v) is 3.28. The van der Waals surface area contributed by atoms with Gasteiger partial charge in [-0.1, -0.05) is 5.16 Å². The van der Waals surface area contributed by atoms with Gasteiger partial charge >= 0.3 is 12.1 Å². The standard InChI is InChI=1S/C15H20N2O5/c1-7-10(13(18)19)12(16-22-7)11-8-5-17(6-9(8)11)14(20)21-15(2,3)4/h8-9,11H,5-6H2,1-4H3,(H,18,19)/t8-,9+,11?. The Balaban J connectivity index is 1.66. The number of piperidine rings is 1. The summed E-state index contributed by atoms with van der Waals surface area (Å²) in [4.78, 5) is 25.0. The van der Waals surface area contributed by atoms with E-state index in [4.69, 9.17) is 9.26 Å². The van der Waals surface area contributed by atoms with E-state index in [1.165, 1.54) is 0 Å². The molecular formula is C15H20N2O5. The zero-order valence-corrected chi connectivity index (χ0v) is 13.1. The lowest BCUT2D eigenvalue weighted by Crippen LogP contribution is -2.37. The molecule has 22 heavy (non-hydrogen) atoms. The Kier molecular flexibility index (Phi) is 3.19. The summed E-state index contributed by atoms with van der Waals surface area (Å²) in [6, 6.07) is 0. The monoisotopic (exact) mass is 308 g/mol. The maximum absolute atomic E-state index is 12.0. The molecule has 120 valence electrons. The topological polar surface area (TPSA) is 92.9 Å². The number of carboxylic acid groups (broad SMARTS) is 1. The van der Waals surface area contributed by atoms with Gasteiger partial charge in [-0.15, -0.1) is 0 Å². The van der Waals surface area contributed by atoms with Gasteiger partial charge in [0, 0.05) is 19.0 Å². The lowest BCUT2D eigenvalue weighted by molar-refractivity contribution is 0.0270. The first-order chi connectivity index (χ1) is 10.2. The maximum atomic E-state index is 12.0. The van der Waals surface area contributed by atoms with Crippen LogP contribution in [-0.4, -0.2) is 45.9 Å². The van der Waals surface area contributed by atoms with Crippen LogP contribution in [0.3, 0.4) is 0 Å². The van der Waals surface area contributed by atoms with E-state index in [0.717, 1.165) is 0 Å². The van der Waals surface area contributed by atoms with Gasteiger partial charge in [0.25, 0.3) is 0 Å². The molecule has 0 spiro atoms. The molecule has 1 aromatic heterocycles. The van der Waals surface area contributed by atoms with Gasteiger partial charge in [-0.05, 0) is 39.5 Å². The SMILES string of the molecule is Cc1onc(C2[C@H]3CN(C(=O)OC(C)(C)C)C[C@@H]23)c1C(=O)O. The average Bonchev–Trinajstić information content (AvgIpc) is 2.73. The predicted molar refractivity (Wildman–Crippen MR) is 75.7 cm³/mol. The Morgan fingerprint density at radius 1 is 1.32 bits per heavy atom. The Bertz CT molecular complexity index is 618. The molecule has 2 fully saturated rings. The summed E-state index contributed by atoms with van der Waals surface area (Å²) in [6.45, 7) is 8.26. The molecular weight excluding hydrogens is 288 g/mol. The summed E-state index contributed by atoms with van der Waals surface area (Å²) in [5, 5.41) is 13.2. The van der Waals surface area contributed by atoms with Crippen LogP contribution >= 0.6 is 0 Å². The number of carboxylic acids is 1. The lowest BCUT2D eigenvalue weighted by atomic mass is 10.1. The van der Waals surface area contributed by atoms with E-state index >= 15 is 0 Å². The quantitative estimate of drug-likeness (QED) is 0.900. The van der Waals surface area contributed by atoms with Crippen molar-refractivity contribution in [2.24, 2.45) is 11.8 Å². The number of carbonyl (C=O) groups excluding carboxylic acids is 1. The molecule has 1 unspecified atom stereocenters. The molecule has 1 aromatic rings. The fraction of sp³-hybridized carbons (Fsp3) is 0.667. The molecule has 1 N–H and O–H groups in total. The number of carbonyl (C=O) groups is 2. The molecule has 1 saturated heterocycles. The third kappa shape index (κ3) is 2.44.